The molecule has 5 nitrogen and oxygen atoms in total. The zero-order valence-electron chi connectivity index (χ0n) is 21.1. The van der Waals surface area contributed by atoms with E-state index in [-0.39, 0.29) is 0 Å². The van der Waals surface area contributed by atoms with Crippen molar-refractivity contribution in [2.45, 2.75) is 0 Å². The second-order valence-electron chi connectivity index (χ2n) is 9.71. The predicted molar refractivity (Wildman–Crippen MR) is 163 cm³/mol. The number of nitriles is 1. The number of para-hydroxylation sites is 1. The van der Waals surface area contributed by atoms with Gasteiger partial charge in [0.25, 0.3) is 0 Å². The summed E-state index contributed by atoms with van der Waals surface area (Å²) in [5, 5.41) is 14.0. The van der Waals surface area contributed by atoms with Crippen LogP contribution in [0.15, 0.2) is 109 Å². The van der Waals surface area contributed by atoms with Crippen LogP contribution in [0.4, 0.5) is 0 Å². The molecule has 0 saturated carbocycles. The molecule has 8 rings (SSSR count). The van der Waals surface area contributed by atoms with Crippen LogP contribution in [-0.2, 0) is 0 Å². The Morgan fingerprint density at radius 3 is 2.20 bits per heavy atom. The molecule has 5 aromatic carbocycles. The number of nitrogens with zero attached hydrogens (tertiary/aromatic N) is 4. The average Bonchev–Trinajstić information content (AvgIpc) is 3.58. The summed E-state index contributed by atoms with van der Waals surface area (Å²) < 4.78 is 2.17. The Morgan fingerprint density at radius 1 is 0.575 bits per heavy atom. The molecule has 186 valence electrons. The summed E-state index contributed by atoms with van der Waals surface area (Å²) in [6.45, 7) is 0. The van der Waals surface area contributed by atoms with E-state index in [9.17, 15) is 5.26 Å². The first-order chi connectivity index (χ1) is 19.7. The molecule has 0 bridgehead atoms. The van der Waals surface area contributed by atoms with E-state index in [2.05, 4.69) is 59.6 Å². The summed E-state index contributed by atoms with van der Waals surface area (Å²) in [7, 11) is 0. The fourth-order valence-electron chi connectivity index (χ4n) is 5.37. The second kappa shape index (κ2) is 8.84. The first kappa shape index (κ1) is 22.6. The Kier molecular flexibility index (Phi) is 4.99. The van der Waals surface area contributed by atoms with E-state index in [0.717, 1.165) is 53.3 Å². The first-order valence-electron chi connectivity index (χ1n) is 12.9. The maximum atomic E-state index is 9.42. The summed E-state index contributed by atoms with van der Waals surface area (Å²) in [6, 6.07) is 39.0. The summed E-state index contributed by atoms with van der Waals surface area (Å²) in [6.07, 6.45) is 0. The van der Waals surface area contributed by atoms with Gasteiger partial charge in [0.05, 0.1) is 11.6 Å². The van der Waals surface area contributed by atoms with Gasteiger partial charge in [0.15, 0.2) is 17.5 Å². The van der Waals surface area contributed by atoms with Crippen molar-refractivity contribution in [2.75, 3.05) is 0 Å². The number of nitrogens with one attached hydrogen (secondary N) is 1. The van der Waals surface area contributed by atoms with Gasteiger partial charge in [-0.3, -0.25) is 0 Å². The third-order valence-corrected chi connectivity index (χ3v) is 8.50. The standard InChI is InChI=1S/C34H19N5S/c35-19-20-13-15-24-25-10-6-11-26(31(25)40-30(24)17-20)34-38-32(21-7-2-1-3-8-21)37-33(39-34)22-14-16-29-27(18-22)23-9-4-5-12-28(23)36-29/h1-18,36H. The molecular formula is C34H19N5S. The lowest BCUT2D eigenvalue weighted by Gasteiger charge is -2.09. The van der Waals surface area contributed by atoms with Crippen molar-refractivity contribution in [3.63, 3.8) is 0 Å². The second-order valence-corrected chi connectivity index (χ2v) is 10.8. The minimum atomic E-state index is 0.625. The Bertz CT molecular complexity index is 2290. The van der Waals surface area contributed by atoms with E-state index in [1.165, 1.54) is 5.39 Å². The largest absolute Gasteiger partial charge is 0.355 e. The number of fused-ring (bicyclic) bond motifs is 6. The molecule has 0 radical (unpaired) electrons. The first-order valence-corrected chi connectivity index (χ1v) is 13.7. The Morgan fingerprint density at radius 2 is 1.32 bits per heavy atom. The van der Waals surface area contributed by atoms with Crippen LogP contribution in [0.2, 0.25) is 0 Å². The zero-order chi connectivity index (χ0) is 26.6. The minimum absolute atomic E-state index is 0.625. The SMILES string of the molecule is N#Cc1ccc2c(c1)sc1c(-c3nc(-c4ccccc4)nc(-c4ccc5[nH]c6ccccc6c5c4)n3)cccc12. The normalized spacial score (nSPS) is 11.5. The van der Waals surface area contributed by atoms with Gasteiger partial charge in [0.1, 0.15) is 0 Å². The molecule has 1 N–H and O–H groups in total. The lowest BCUT2D eigenvalue weighted by molar-refractivity contribution is 1.08. The van der Waals surface area contributed by atoms with Crippen LogP contribution in [-0.4, -0.2) is 19.9 Å². The smallest absolute Gasteiger partial charge is 0.165 e. The van der Waals surface area contributed by atoms with Crippen LogP contribution in [0, 0.1) is 11.3 Å². The lowest BCUT2D eigenvalue weighted by atomic mass is 10.1. The molecule has 6 heteroatoms. The molecule has 3 aromatic heterocycles. The van der Waals surface area contributed by atoms with Crippen LogP contribution in [0.25, 0.3) is 76.1 Å². The molecule has 0 saturated heterocycles. The molecule has 3 heterocycles. The van der Waals surface area contributed by atoms with Gasteiger partial charge in [0.2, 0.25) is 0 Å². The molecular weight excluding hydrogens is 510 g/mol. The molecule has 40 heavy (non-hydrogen) atoms. The summed E-state index contributed by atoms with van der Waals surface area (Å²) in [5.41, 5.74) is 5.65. The van der Waals surface area contributed by atoms with Crippen LogP contribution in [0.1, 0.15) is 5.56 Å². The van der Waals surface area contributed by atoms with Crippen LogP contribution < -0.4 is 0 Å². The lowest BCUT2D eigenvalue weighted by Crippen LogP contribution is -2.00. The Labute approximate surface area is 233 Å². The highest BCUT2D eigenvalue weighted by Crippen LogP contribution is 2.40. The Hall–Kier alpha value is -5.38. The van der Waals surface area contributed by atoms with Crippen LogP contribution in [0.5, 0.6) is 0 Å². The molecule has 0 amide bonds. The van der Waals surface area contributed by atoms with Crippen molar-refractivity contribution in [3.05, 3.63) is 115 Å². The highest BCUT2D eigenvalue weighted by Gasteiger charge is 2.17. The van der Waals surface area contributed by atoms with E-state index < -0.39 is 0 Å². The minimum Gasteiger partial charge on any atom is -0.355 e. The van der Waals surface area contributed by atoms with E-state index in [1.54, 1.807) is 11.3 Å². The average molecular weight is 530 g/mol. The molecule has 0 atom stereocenters. The predicted octanol–water partition coefficient (Wildman–Crippen LogP) is 8.75. The van der Waals surface area contributed by atoms with Crippen molar-refractivity contribution >= 4 is 53.3 Å². The quantitative estimate of drug-likeness (QED) is 0.248. The topological polar surface area (TPSA) is 78.2 Å². The van der Waals surface area contributed by atoms with E-state index >= 15 is 0 Å². The summed E-state index contributed by atoms with van der Waals surface area (Å²) >= 11 is 1.66. The van der Waals surface area contributed by atoms with Gasteiger partial charge in [-0.05, 0) is 42.5 Å². The van der Waals surface area contributed by atoms with Crippen LogP contribution >= 0.6 is 11.3 Å². The molecule has 0 spiro atoms. The van der Waals surface area contributed by atoms with Gasteiger partial charge in [-0.1, -0.05) is 66.7 Å². The number of rotatable bonds is 3. The van der Waals surface area contributed by atoms with Gasteiger partial charge in [0, 0.05) is 58.7 Å². The molecule has 0 aliphatic heterocycles. The third kappa shape index (κ3) is 3.57. The number of aromatic amines is 1. The van der Waals surface area contributed by atoms with Crippen molar-refractivity contribution in [1.29, 1.82) is 5.26 Å². The van der Waals surface area contributed by atoms with Gasteiger partial charge >= 0.3 is 0 Å². The van der Waals surface area contributed by atoms with Crippen molar-refractivity contribution in [2.24, 2.45) is 0 Å². The fourth-order valence-corrected chi connectivity index (χ4v) is 6.62. The number of thiophene rings is 1. The van der Waals surface area contributed by atoms with Gasteiger partial charge in [-0.2, -0.15) is 5.26 Å². The molecule has 0 fully saturated rings. The van der Waals surface area contributed by atoms with E-state index in [1.807, 2.05) is 60.7 Å². The van der Waals surface area contributed by atoms with Gasteiger partial charge in [-0.15, -0.1) is 11.3 Å². The number of benzene rings is 5. The fraction of sp³-hybridized carbons (Fsp3) is 0. The third-order valence-electron chi connectivity index (χ3n) is 7.30. The van der Waals surface area contributed by atoms with Crippen LogP contribution in [0.3, 0.4) is 0 Å². The van der Waals surface area contributed by atoms with E-state index in [0.29, 0.717) is 23.0 Å². The molecule has 8 aromatic rings. The van der Waals surface area contributed by atoms with E-state index in [4.69, 9.17) is 15.0 Å². The van der Waals surface area contributed by atoms with Gasteiger partial charge < -0.3 is 4.98 Å². The number of H-pyrrole nitrogens is 1. The summed E-state index contributed by atoms with van der Waals surface area (Å²) in [5.74, 6) is 1.88. The number of hydrogen-bond donors (Lipinski definition) is 1. The van der Waals surface area contributed by atoms with Crippen molar-refractivity contribution in [1.82, 2.24) is 19.9 Å². The monoisotopic (exact) mass is 529 g/mol. The zero-order valence-corrected chi connectivity index (χ0v) is 21.9. The Balaban J connectivity index is 1.38. The summed E-state index contributed by atoms with van der Waals surface area (Å²) in [4.78, 5) is 18.5. The van der Waals surface area contributed by atoms with Crippen molar-refractivity contribution < 1.29 is 0 Å². The van der Waals surface area contributed by atoms with Crippen molar-refractivity contribution in [3.8, 4) is 40.2 Å². The molecule has 0 aliphatic rings. The number of aromatic nitrogens is 4. The number of hydrogen-bond acceptors (Lipinski definition) is 5. The molecule has 0 unspecified atom stereocenters. The maximum Gasteiger partial charge on any atom is 0.165 e. The highest BCUT2D eigenvalue weighted by atomic mass is 32.1. The maximum absolute atomic E-state index is 9.42. The highest BCUT2D eigenvalue weighted by molar-refractivity contribution is 7.26. The van der Waals surface area contributed by atoms with Gasteiger partial charge in [-0.25, -0.2) is 15.0 Å². The molecule has 0 aliphatic carbocycles.